The first kappa shape index (κ1) is 22.6. The van der Waals surface area contributed by atoms with Crippen LogP contribution < -0.4 is 5.32 Å². The Morgan fingerprint density at radius 1 is 1.43 bits per heavy atom. The van der Waals surface area contributed by atoms with Crippen LogP contribution in [0.4, 0.5) is 13.2 Å². The van der Waals surface area contributed by atoms with Gasteiger partial charge in [0.15, 0.2) is 5.96 Å². The summed E-state index contributed by atoms with van der Waals surface area (Å²) in [7, 11) is 2.74. The molecule has 0 aliphatic carbocycles. The molecule has 1 rings (SSSR count). The number of aliphatic imine (C=N–C) groups is 1. The van der Waals surface area contributed by atoms with Gasteiger partial charge in [0, 0.05) is 37.7 Å². The fourth-order valence-electron chi connectivity index (χ4n) is 2.18. The highest BCUT2D eigenvalue weighted by atomic mass is 127. The highest BCUT2D eigenvalue weighted by Gasteiger charge is 2.32. The van der Waals surface area contributed by atoms with Crippen LogP contribution >= 0.6 is 35.7 Å². The maximum Gasteiger partial charge on any atom is 0.406 e. The number of carbonyl (C=O) groups excluding carboxylic acids is 1. The van der Waals surface area contributed by atoms with Crippen LogP contribution in [0.1, 0.15) is 13.8 Å². The first-order valence-corrected chi connectivity index (χ1v) is 7.93. The molecular weight excluding hydrogens is 444 g/mol. The van der Waals surface area contributed by atoms with Gasteiger partial charge in [-0.2, -0.15) is 24.9 Å². The topological polar surface area (TPSA) is 47.9 Å². The average Bonchev–Trinajstić information content (AvgIpc) is 2.36. The average molecular weight is 468 g/mol. The molecule has 0 aromatic heterocycles. The van der Waals surface area contributed by atoms with Crippen LogP contribution in [0, 0.1) is 0 Å². The maximum atomic E-state index is 12.3. The Morgan fingerprint density at radius 2 is 2.04 bits per heavy atom. The number of amides is 1. The Labute approximate surface area is 156 Å². The standard InChI is InChI=1S/C13H23F3N4OS.HI/c1-12(2)8-20(5-6-22-12)11(17-3)18-7-10(21)19(4)9-13(14,15)16;/h5-9H2,1-4H3,(H,17,18);1H. The summed E-state index contributed by atoms with van der Waals surface area (Å²) in [6, 6.07) is 0. The highest BCUT2D eigenvalue weighted by molar-refractivity contribution is 14.0. The minimum Gasteiger partial charge on any atom is -0.347 e. The molecule has 1 heterocycles. The molecule has 1 aliphatic rings. The van der Waals surface area contributed by atoms with E-state index in [0.717, 1.165) is 25.9 Å². The molecule has 1 amide bonds. The molecule has 5 nitrogen and oxygen atoms in total. The molecule has 1 aliphatic heterocycles. The van der Waals surface area contributed by atoms with E-state index in [0.29, 0.717) is 10.9 Å². The molecule has 1 fully saturated rings. The third kappa shape index (κ3) is 8.32. The van der Waals surface area contributed by atoms with E-state index in [1.54, 1.807) is 7.05 Å². The lowest BCUT2D eigenvalue weighted by atomic mass is 10.2. The lowest BCUT2D eigenvalue weighted by Gasteiger charge is -2.39. The van der Waals surface area contributed by atoms with E-state index in [9.17, 15) is 18.0 Å². The number of alkyl halides is 3. The van der Waals surface area contributed by atoms with Crippen molar-refractivity contribution in [2.45, 2.75) is 24.8 Å². The van der Waals surface area contributed by atoms with Crippen molar-refractivity contribution in [1.82, 2.24) is 15.1 Å². The third-order valence-electron chi connectivity index (χ3n) is 3.18. The number of rotatable bonds is 3. The second kappa shape index (κ2) is 9.19. The van der Waals surface area contributed by atoms with Crippen LogP contribution in [0.5, 0.6) is 0 Å². The smallest absolute Gasteiger partial charge is 0.347 e. The molecule has 0 aromatic rings. The van der Waals surface area contributed by atoms with Crippen LogP contribution in [0.25, 0.3) is 0 Å². The summed E-state index contributed by atoms with van der Waals surface area (Å²) in [5.41, 5.74) is 0. The van der Waals surface area contributed by atoms with Crippen LogP contribution in [0.2, 0.25) is 0 Å². The zero-order valence-corrected chi connectivity index (χ0v) is 16.9. The minimum atomic E-state index is -4.39. The summed E-state index contributed by atoms with van der Waals surface area (Å²) in [5.74, 6) is 0.863. The summed E-state index contributed by atoms with van der Waals surface area (Å²) in [6.07, 6.45) is -4.39. The molecular formula is C13H24F3IN4OS. The lowest BCUT2D eigenvalue weighted by Crippen LogP contribution is -2.52. The fraction of sp³-hybridized carbons (Fsp3) is 0.846. The van der Waals surface area contributed by atoms with Crippen molar-refractivity contribution in [3.63, 3.8) is 0 Å². The number of carbonyl (C=O) groups is 1. The van der Waals surface area contributed by atoms with Crippen LogP contribution in [-0.4, -0.2) is 78.6 Å². The van der Waals surface area contributed by atoms with Crippen LogP contribution in [-0.2, 0) is 4.79 Å². The molecule has 1 saturated heterocycles. The maximum absolute atomic E-state index is 12.3. The number of nitrogens with one attached hydrogen (secondary N) is 1. The summed E-state index contributed by atoms with van der Waals surface area (Å²) >= 11 is 1.86. The van der Waals surface area contributed by atoms with Crippen molar-refractivity contribution in [3.8, 4) is 0 Å². The molecule has 23 heavy (non-hydrogen) atoms. The Bertz CT molecular complexity index is 432. The predicted molar refractivity (Wildman–Crippen MR) is 98.6 cm³/mol. The Morgan fingerprint density at radius 3 is 2.52 bits per heavy atom. The summed E-state index contributed by atoms with van der Waals surface area (Å²) in [6.45, 7) is 4.35. The van der Waals surface area contributed by atoms with Crippen molar-refractivity contribution in [1.29, 1.82) is 0 Å². The van der Waals surface area contributed by atoms with Crippen molar-refractivity contribution < 1.29 is 18.0 Å². The minimum absolute atomic E-state index is 0. The number of nitrogens with zero attached hydrogens (tertiary/aromatic N) is 3. The van der Waals surface area contributed by atoms with E-state index in [2.05, 4.69) is 24.2 Å². The molecule has 1 N–H and O–H groups in total. The number of hydrogen-bond donors (Lipinski definition) is 1. The van der Waals surface area contributed by atoms with Gasteiger partial charge in [-0.1, -0.05) is 0 Å². The first-order chi connectivity index (χ1) is 10.0. The van der Waals surface area contributed by atoms with Gasteiger partial charge in [0.1, 0.15) is 6.54 Å². The number of thioether (sulfide) groups is 1. The normalized spacial score (nSPS) is 18.2. The van der Waals surface area contributed by atoms with E-state index in [1.807, 2.05) is 16.7 Å². The molecule has 10 heteroatoms. The number of hydrogen-bond acceptors (Lipinski definition) is 3. The molecule has 0 radical (unpaired) electrons. The van der Waals surface area contributed by atoms with Gasteiger partial charge in [-0.05, 0) is 13.8 Å². The molecule has 0 unspecified atom stereocenters. The largest absolute Gasteiger partial charge is 0.406 e. The van der Waals surface area contributed by atoms with Gasteiger partial charge in [0.2, 0.25) is 5.91 Å². The monoisotopic (exact) mass is 468 g/mol. The van der Waals surface area contributed by atoms with Crippen molar-refractivity contribution in [3.05, 3.63) is 0 Å². The van der Waals surface area contributed by atoms with E-state index >= 15 is 0 Å². The molecule has 0 spiro atoms. The molecule has 136 valence electrons. The Balaban J connectivity index is 0.00000484. The SMILES string of the molecule is CN=C(NCC(=O)N(C)CC(F)(F)F)N1CCSC(C)(C)C1.I. The molecule has 0 bridgehead atoms. The number of likely N-dealkylation sites (N-methyl/N-ethyl adjacent to an activating group) is 1. The number of halogens is 4. The van der Waals surface area contributed by atoms with Gasteiger partial charge in [-0.25, -0.2) is 0 Å². The summed E-state index contributed by atoms with van der Waals surface area (Å²) < 4.78 is 36.9. The Kier molecular flexibility index (Phi) is 9.03. The third-order valence-corrected chi connectivity index (χ3v) is 4.47. The molecule has 0 aromatic carbocycles. The van der Waals surface area contributed by atoms with Gasteiger partial charge >= 0.3 is 6.18 Å². The van der Waals surface area contributed by atoms with Gasteiger partial charge in [-0.3, -0.25) is 9.79 Å². The Hall–Kier alpha value is -0.390. The van der Waals surface area contributed by atoms with E-state index < -0.39 is 18.6 Å². The second-order valence-corrected chi connectivity index (χ2v) is 7.60. The highest BCUT2D eigenvalue weighted by Crippen LogP contribution is 2.29. The van der Waals surface area contributed by atoms with Gasteiger partial charge in [0.25, 0.3) is 0 Å². The molecule has 0 saturated carbocycles. The van der Waals surface area contributed by atoms with Crippen LogP contribution in [0.3, 0.4) is 0 Å². The number of guanidine groups is 1. The van der Waals surface area contributed by atoms with E-state index in [4.69, 9.17) is 0 Å². The zero-order valence-electron chi connectivity index (χ0n) is 13.7. The van der Waals surface area contributed by atoms with Crippen molar-refractivity contribution >= 4 is 47.6 Å². The predicted octanol–water partition coefficient (Wildman–Crippen LogP) is 2.03. The fourth-order valence-corrected chi connectivity index (χ4v) is 3.29. The summed E-state index contributed by atoms with van der Waals surface area (Å²) in [5, 5.41) is 2.85. The van der Waals surface area contributed by atoms with E-state index in [-0.39, 0.29) is 35.3 Å². The summed E-state index contributed by atoms with van der Waals surface area (Å²) in [4.78, 5) is 18.5. The van der Waals surface area contributed by atoms with Gasteiger partial charge in [-0.15, -0.1) is 24.0 Å². The zero-order chi connectivity index (χ0) is 17.0. The van der Waals surface area contributed by atoms with Crippen molar-refractivity contribution in [2.75, 3.05) is 46.0 Å². The van der Waals surface area contributed by atoms with Gasteiger partial charge in [0.05, 0.1) is 6.54 Å². The first-order valence-electron chi connectivity index (χ1n) is 6.94. The van der Waals surface area contributed by atoms with Crippen molar-refractivity contribution in [2.24, 2.45) is 4.99 Å². The van der Waals surface area contributed by atoms with E-state index in [1.165, 1.54) is 0 Å². The lowest BCUT2D eigenvalue weighted by molar-refractivity contribution is -0.157. The molecule has 0 atom stereocenters. The second-order valence-electron chi connectivity index (χ2n) is 5.80. The van der Waals surface area contributed by atoms with Crippen LogP contribution in [0.15, 0.2) is 4.99 Å². The quantitative estimate of drug-likeness (QED) is 0.392. The van der Waals surface area contributed by atoms with Gasteiger partial charge < -0.3 is 15.1 Å².